The van der Waals surface area contributed by atoms with Crippen LogP contribution in [-0.2, 0) is 23.9 Å². The third-order valence-corrected chi connectivity index (χ3v) is 8.82. The quantitative estimate of drug-likeness (QED) is 0.250. The average molecular weight is 534 g/mol. The topological polar surface area (TPSA) is 72.9 Å². The van der Waals surface area contributed by atoms with Crippen molar-refractivity contribution in [3.63, 3.8) is 0 Å². The maximum Gasteiger partial charge on any atom is 0.346 e. The molecular weight excluding hydrogens is 502 g/mol. The first kappa shape index (κ1) is 27.5. The number of rotatable bonds is 6. The smallest absolute Gasteiger partial charge is 0.346 e. The Balaban J connectivity index is 2.20. The van der Waals surface area contributed by atoms with Crippen LogP contribution in [0.5, 0.6) is 0 Å². The number of amides is 1. The van der Waals surface area contributed by atoms with Crippen molar-refractivity contribution >= 4 is 69.7 Å². The zero-order valence-electron chi connectivity index (χ0n) is 21.1. The van der Waals surface area contributed by atoms with E-state index in [1.54, 1.807) is 18.7 Å². The molecule has 0 spiro atoms. The van der Waals surface area contributed by atoms with Gasteiger partial charge in [0.1, 0.15) is 9.81 Å². The summed E-state index contributed by atoms with van der Waals surface area (Å²) in [4.78, 5) is 41.6. The summed E-state index contributed by atoms with van der Waals surface area (Å²) in [5.41, 5.74) is 2.57. The van der Waals surface area contributed by atoms with Crippen molar-refractivity contribution in [3.05, 3.63) is 43.4 Å². The molecule has 2 aliphatic heterocycles. The number of benzene rings is 1. The van der Waals surface area contributed by atoms with Gasteiger partial charge in [0.05, 0.1) is 33.5 Å². The minimum Gasteiger partial charge on any atom is -0.462 e. The summed E-state index contributed by atoms with van der Waals surface area (Å²) in [6, 6.07) is 5.92. The van der Waals surface area contributed by atoms with Crippen LogP contribution in [0, 0.1) is 12.8 Å². The minimum absolute atomic E-state index is 0.00697. The molecule has 0 radical (unpaired) electrons. The largest absolute Gasteiger partial charge is 0.462 e. The number of carbonyl (C=O) groups excluding carboxylic acids is 3. The van der Waals surface area contributed by atoms with E-state index in [-0.39, 0.29) is 34.8 Å². The Kier molecular flexibility index (Phi) is 8.55. The summed E-state index contributed by atoms with van der Waals surface area (Å²) in [7, 11) is 0. The highest BCUT2D eigenvalue weighted by Crippen LogP contribution is 2.56. The van der Waals surface area contributed by atoms with Crippen LogP contribution < -0.4 is 4.90 Å². The van der Waals surface area contributed by atoms with Crippen molar-refractivity contribution in [1.82, 2.24) is 0 Å². The van der Waals surface area contributed by atoms with E-state index in [0.717, 1.165) is 22.4 Å². The van der Waals surface area contributed by atoms with Crippen LogP contribution in [0.4, 0.5) is 5.69 Å². The molecule has 2 aliphatic rings. The molecule has 0 saturated heterocycles. The van der Waals surface area contributed by atoms with Crippen molar-refractivity contribution < 1.29 is 23.9 Å². The van der Waals surface area contributed by atoms with Gasteiger partial charge in [-0.15, -0.1) is 0 Å². The molecule has 0 aromatic heterocycles. The second kappa shape index (κ2) is 10.9. The standard InChI is InChI=1S/C26H31NO5S3/c1-8-31-23(29)20-21(24(30)32-9-2)35-25(34-20)19-16-11-10-15(5)13-17(16)27(18(28)12-14(3)4)26(6,7)22(19)33/h10-11,13-14H,8-9,12H2,1-7H3. The van der Waals surface area contributed by atoms with Gasteiger partial charge < -0.3 is 14.4 Å². The fraction of sp³-hybridized carbons (Fsp3) is 0.462. The number of ether oxygens (including phenoxy) is 2. The maximum absolute atomic E-state index is 13.4. The maximum atomic E-state index is 13.4. The van der Waals surface area contributed by atoms with Crippen LogP contribution in [0.25, 0.3) is 5.57 Å². The third kappa shape index (κ3) is 5.37. The van der Waals surface area contributed by atoms with E-state index in [2.05, 4.69) is 0 Å². The second-order valence-electron chi connectivity index (χ2n) is 9.20. The molecule has 0 saturated carbocycles. The van der Waals surface area contributed by atoms with Gasteiger partial charge in [0.15, 0.2) is 0 Å². The molecule has 1 amide bonds. The molecule has 3 rings (SSSR count). The van der Waals surface area contributed by atoms with Crippen LogP contribution in [-0.4, -0.2) is 41.5 Å². The predicted molar refractivity (Wildman–Crippen MR) is 147 cm³/mol. The average Bonchev–Trinajstić information content (AvgIpc) is 3.20. The molecule has 35 heavy (non-hydrogen) atoms. The molecule has 0 aliphatic carbocycles. The van der Waals surface area contributed by atoms with Crippen LogP contribution in [0.3, 0.4) is 0 Å². The Morgan fingerprint density at radius 2 is 1.57 bits per heavy atom. The molecule has 0 fully saturated rings. The van der Waals surface area contributed by atoms with E-state index in [1.165, 1.54) is 23.5 Å². The SMILES string of the molecule is CCOC(=O)C1=C(C(=O)OCC)SC(=C2C(=S)C(C)(C)N(C(=O)CC(C)C)c3cc(C)ccc32)S1. The van der Waals surface area contributed by atoms with Gasteiger partial charge in [0.25, 0.3) is 0 Å². The van der Waals surface area contributed by atoms with Crippen molar-refractivity contribution in [2.45, 2.75) is 60.4 Å². The van der Waals surface area contributed by atoms with Gasteiger partial charge in [-0.05, 0) is 52.2 Å². The van der Waals surface area contributed by atoms with Gasteiger partial charge in [0, 0.05) is 17.6 Å². The number of thiocarbonyl (C=S) groups is 1. The molecule has 0 N–H and O–H groups in total. The summed E-state index contributed by atoms with van der Waals surface area (Å²) < 4.78 is 11.1. The fourth-order valence-electron chi connectivity index (χ4n) is 4.02. The number of fused-ring (bicyclic) bond motifs is 1. The third-order valence-electron chi connectivity index (χ3n) is 5.56. The lowest BCUT2D eigenvalue weighted by Gasteiger charge is -2.45. The number of esters is 2. The van der Waals surface area contributed by atoms with Gasteiger partial charge in [-0.25, -0.2) is 9.59 Å². The fourth-order valence-corrected chi connectivity index (χ4v) is 7.01. The molecule has 0 bridgehead atoms. The minimum atomic E-state index is -0.789. The van der Waals surface area contributed by atoms with E-state index in [9.17, 15) is 14.4 Å². The van der Waals surface area contributed by atoms with Crippen molar-refractivity contribution in [3.8, 4) is 0 Å². The molecule has 0 atom stereocenters. The lowest BCUT2D eigenvalue weighted by atomic mass is 9.82. The van der Waals surface area contributed by atoms with E-state index in [4.69, 9.17) is 21.7 Å². The van der Waals surface area contributed by atoms with E-state index in [0.29, 0.717) is 15.5 Å². The van der Waals surface area contributed by atoms with Crippen molar-refractivity contribution in [1.29, 1.82) is 0 Å². The number of thioether (sulfide) groups is 2. The Hall–Kier alpha value is -2.10. The number of aryl methyl sites for hydroxylation is 1. The van der Waals surface area contributed by atoms with Crippen LogP contribution >= 0.6 is 35.7 Å². The Labute approximate surface area is 220 Å². The molecule has 1 aromatic carbocycles. The summed E-state index contributed by atoms with van der Waals surface area (Å²) in [6.07, 6.45) is 0.399. The van der Waals surface area contributed by atoms with E-state index in [1.807, 2.05) is 52.8 Å². The second-order valence-corrected chi connectivity index (χ2v) is 11.9. The van der Waals surface area contributed by atoms with Crippen molar-refractivity contribution in [2.75, 3.05) is 18.1 Å². The molecule has 2 heterocycles. The lowest BCUT2D eigenvalue weighted by Crippen LogP contribution is -2.56. The normalized spacial score (nSPS) is 17.1. The van der Waals surface area contributed by atoms with E-state index >= 15 is 0 Å². The molecular formula is C26H31NO5S3. The highest BCUT2D eigenvalue weighted by Gasteiger charge is 2.46. The highest BCUT2D eigenvalue weighted by molar-refractivity contribution is 8.29. The first-order valence-electron chi connectivity index (χ1n) is 11.6. The number of carbonyl (C=O) groups is 3. The van der Waals surface area contributed by atoms with Gasteiger partial charge in [-0.1, -0.05) is 61.7 Å². The predicted octanol–water partition coefficient (Wildman–Crippen LogP) is 6.02. The number of hydrogen-bond donors (Lipinski definition) is 0. The molecule has 6 nitrogen and oxygen atoms in total. The summed E-state index contributed by atoms with van der Waals surface area (Å²) in [5.74, 6) is -0.929. The van der Waals surface area contributed by atoms with Gasteiger partial charge in [-0.3, -0.25) is 4.79 Å². The monoisotopic (exact) mass is 533 g/mol. The van der Waals surface area contributed by atoms with Crippen molar-refractivity contribution in [2.24, 2.45) is 5.92 Å². The van der Waals surface area contributed by atoms with Crippen LogP contribution in [0.2, 0.25) is 0 Å². The lowest BCUT2D eigenvalue weighted by molar-refractivity contribution is -0.140. The van der Waals surface area contributed by atoms with Crippen LogP contribution in [0.1, 0.15) is 59.1 Å². The summed E-state index contributed by atoms with van der Waals surface area (Å²) in [5, 5.41) is 0. The number of hydrogen-bond acceptors (Lipinski definition) is 8. The number of anilines is 1. The Morgan fingerprint density at radius 3 is 2.06 bits per heavy atom. The molecule has 9 heteroatoms. The first-order valence-corrected chi connectivity index (χ1v) is 13.6. The zero-order valence-corrected chi connectivity index (χ0v) is 23.6. The van der Waals surface area contributed by atoms with Gasteiger partial charge >= 0.3 is 11.9 Å². The molecule has 1 aromatic rings. The van der Waals surface area contributed by atoms with Gasteiger partial charge in [0.2, 0.25) is 5.91 Å². The Morgan fingerprint density at radius 1 is 1.03 bits per heavy atom. The zero-order chi connectivity index (χ0) is 26.1. The van der Waals surface area contributed by atoms with Gasteiger partial charge in [-0.2, -0.15) is 0 Å². The van der Waals surface area contributed by atoms with Crippen LogP contribution in [0.15, 0.2) is 32.2 Å². The van der Waals surface area contributed by atoms with E-state index < -0.39 is 17.5 Å². The Bertz CT molecular complexity index is 1120. The first-order chi connectivity index (χ1) is 16.4. The molecule has 0 unspecified atom stereocenters. The number of nitrogens with zero attached hydrogens (tertiary/aromatic N) is 1. The summed E-state index contributed by atoms with van der Waals surface area (Å²) in [6.45, 7) is 13.7. The molecule has 188 valence electrons. The highest BCUT2D eigenvalue weighted by atomic mass is 32.2. The summed E-state index contributed by atoms with van der Waals surface area (Å²) >= 11 is 8.35.